The number of alkyl halides is 3. The van der Waals surface area contributed by atoms with Crippen molar-refractivity contribution in [2.24, 2.45) is 5.73 Å². The van der Waals surface area contributed by atoms with Crippen molar-refractivity contribution in [1.82, 2.24) is 14.6 Å². The number of carbonyl (C=O) groups excluding carboxylic acids is 1. The molecule has 0 saturated carbocycles. The fourth-order valence-electron chi connectivity index (χ4n) is 3.64. The van der Waals surface area contributed by atoms with Crippen LogP contribution in [0.3, 0.4) is 0 Å². The molecule has 3 N–H and O–H groups in total. The molecular weight excluding hydrogens is 409 g/mol. The third-order valence-electron chi connectivity index (χ3n) is 5.47. The minimum atomic E-state index is -4.67. The molecule has 31 heavy (non-hydrogen) atoms. The number of primary amides is 1. The zero-order valence-electron chi connectivity index (χ0n) is 17.8. The van der Waals surface area contributed by atoms with E-state index in [9.17, 15) is 23.1 Å². The summed E-state index contributed by atoms with van der Waals surface area (Å²) in [7, 11) is 0. The van der Waals surface area contributed by atoms with E-state index in [1.807, 2.05) is 26.8 Å². The van der Waals surface area contributed by atoms with Crippen molar-refractivity contribution in [2.45, 2.75) is 47.2 Å². The molecule has 3 aromatic rings. The van der Waals surface area contributed by atoms with Gasteiger partial charge in [0.25, 0.3) is 0 Å². The number of phenols is 1. The molecule has 0 bridgehead atoms. The highest BCUT2D eigenvalue weighted by molar-refractivity contribution is 6.21. The lowest BCUT2D eigenvalue weighted by Gasteiger charge is -2.13. The average Bonchev–Trinajstić information content (AvgIpc) is 3.20. The van der Waals surface area contributed by atoms with E-state index < -0.39 is 17.8 Å². The quantitative estimate of drug-likeness (QED) is 0.603. The summed E-state index contributed by atoms with van der Waals surface area (Å²) < 4.78 is 41.2. The second kappa shape index (κ2) is 7.72. The Morgan fingerprint density at radius 1 is 1.13 bits per heavy atom. The van der Waals surface area contributed by atoms with Gasteiger partial charge in [0.2, 0.25) is 5.91 Å². The van der Waals surface area contributed by atoms with Crippen molar-refractivity contribution in [3.63, 3.8) is 0 Å². The van der Waals surface area contributed by atoms with Crippen LogP contribution in [0.5, 0.6) is 5.75 Å². The number of aryl methyl sites for hydroxylation is 2. The van der Waals surface area contributed by atoms with E-state index in [0.29, 0.717) is 22.7 Å². The highest BCUT2D eigenvalue weighted by Crippen LogP contribution is 2.41. The van der Waals surface area contributed by atoms with E-state index in [4.69, 9.17) is 5.73 Å². The van der Waals surface area contributed by atoms with Crippen LogP contribution in [0.1, 0.15) is 46.3 Å². The summed E-state index contributed by atoms with van der Waals surface area (Å²) in [6, 6.07) is 5.13. The fraction of sp³-hybridized carbons (Fsp3) is 0.318. The topological polar surface area (TPSA) is 93.5 Å². The Bertz CT molecular complexity index is 1210. The van der Waals surface area contributed by atoms with Gasteiger partial charge in [-0.25, -0.2) is 9.50 Å². The largest absolute Gasteiger partial charge is 0.508 e. The molecule has 0 unspecified atom stereocenters. The van der Waals surface area contributed by atoms with Crippen LogP contribution in [0.2, 0.25) is 0 Å². The zero-order valence-corrected chi connectivity index (χ0v) is 17.8. The Kier molecular flexibility index (Phi) is 5.56. The number of carbonyl (C=O) groups is 1. The van der Waals surface area contributed by atoms with Crippen molar-refractivity contribution >= 4 is 17.1 Å². The van der Waals surface area contributed by atoms with Gasteiger partial charge >= 0.3 is 6.18 Å². The summed E-state index contributed by atoms with van der Waals surface area (Å²) in [6.45, 7) is 9.24. The lowest BCUT2D eigenvalue weighted by molar-refractivity contribution is -0.141. The molecule has 2 heterocycles. The maximum absolute atomic E-state index is 13.3. The van der Waals surface area contributed by atoms with Crippen LogP contribution in [0.4, 0.5) is 13.2 Å². The highest BCUT2D eigenvalue weighted by Gasteiger charge is 2.42. The van der Waals surface area contributed by atoms with Crippen LogP contribution in [0, 0.1) is 27.7 Å². The van der Waals surface area contributed by atoms with Gasteiger partial charge in [0.05, 0.1) is 11.4 Å². The second-order valence-electron chi connectivity index (χ2n) is 7.68. The van der Waals surface area contributed by atoms with Gasteiger partial charge in [-0.3, -0.25) is 4.79 Å². The number of halogens is 3. The van der Waals surface area contributed by atoms with E-state index in [-0.39, 0.29) is 23.2 Å². The third-order valence-corrected chi connectivity index (χ3v) is 5.47. The number of nitrogens with zero attached hydrogens (tertiary/aromatic N) is 3. The van der Waals surface area contributed by atoms with Gasteiger partial charge in [-0.15, -0.1) is 0 Å². The van der Waals surface area contributed by atoms with Gasteiger partial charge in [0, 0.05) is 23.6 Å². The van der Waals surface area contributed by atoms with Crippen LogP contribution in [0.15, 0.2) is 23.8 Å². The summed E-state index contributed by atoms with van der Waals surface area (Å²) in [5.41, 5.74) is 8.64. The number of nitrogens with two attached hydrogens (primary N) is 1. The summed E-state index contributed by atoms with van der Waals surface area (Å²) in [5, 5.41) is 13.4. The molecule has 164 valence electrons. The summed E-state index contributed by atoms with van der Waals surface area (Å²) >= 11 is 0. The van der Waals surface area contributed by atoms with Crippen LogP contribution in [-0.4, -0.2) is 25.6 Å². The van der Waals surface area contributed by atoms with Crippen molar-refractivity contribution in [3.8, 4) is 5.75 Å². The average molecular weight is 432 g/mol. The Labute approximate surface area is 177 Å². The number of hydrogen-bond acceptors (Lipinski definition) is 4. The molecule has 4 rings (SSSR count). The summed E-state index contributed by atoms with van der Waals surface area (Å²) in [5.74, 6) is -0.495. The minimum absolute atomic E-state index is 0.108. The maximum Gasteiger partial charge on any atom is 0.434 e. The fourth-order valence-corrected chi connectivity index (χ4v) is 3.64. The van der Waals surface area contributed by atoms with Crippen molar-refractivity contribution in [1.29, 1.82) is 0 Å². The van der Waals surface area contributed by atoms with Crippen LogP contribution >= 0.6 is 0 Å². The number of phenolic OH excluding ortho intramolecular Hbond substituents is 1. The monoisotopic (exact) mass is 432 g/mol. The molecule has 1 aliphatic rings. The van der Waals surface area contributed by atoms with Gasteiger partial charge in [-0.1, -0.05) is 11.6 Å². The molecule has 0 fully saturated rings. The number of hydrogen-bond donors (Lipinski definition) is 2. The van der Waals surface area contributed by atoms with Crippen LogP contribution in [-0.2, 0) is 17.4 Å². The maximum atomic E-state index is 13.3. The Morgan fingerprint density at radius 2 is 1.77 bits per heavy atom. The first-order valence-corrected chi connectivity index (χ1v) is 9.55. The van der Waals surface area contributed by atoms with Gasteiger partial charge in [0.1, 0.15) is 5.75 Å². The van der Waals surface area contributed by atoms with E-state index in [2.05, 4.69) is 10.1 Å². The molecule has 0 spiro atoms. The standard InChI is InChI=1S/C13H11F3N4O.C9H12O/c1-5-3-7-10(9(5)12(17)21)11(13(14,15)16)18-8-4-6(2)19-20(7)8;1-6-4-5-9(10)8(3)7(6)2/h4H,3H2,1-2H3,(H2,17,21);4-5,10H,1-3H3. The van der Waals surface area contributed by atoms with Gasteiger partial charge in [-0.2, -0.15) is 18.3 Å². The molecule has 9 heteroatoms. The first-order chi connectivity index (χ1) is 14.3. The molecule has 6 nitrogen and oxygen atoms in total. The van der Waals surface area contributed by atoms with Crippen molar-refractivity contribution in [2.75, 3.05) is 0 Å². The molecular formula is C22H23F3N4O2. The van der Waals surface area contributed by atoms with Crippen molar-refractivity contribution < 1.29 is 23.1 Å². The Hall–Kier alpha value is -3.36. The van der Waals surface area contributed by atoms with Gasteiger partial charge in [-0.05, 0) is 57.4 Å². The molecule has 1 aliphatic carbocycles. The molecule has 2 aromatic heterocycles. The number of fused-ring (bicyclic) bond motifs is 3. The van der Waals surface area contributed by atoms with Gasteiger partial charge in [0.15, 0.2) is 11.3 Å². The molecule has 1 amide bonds. The van der Waals surface area contributed by atoms with Crippen LogP contribution < -0.4 is 5.73 Å². The number of aromatic hydroxyl groups is 1. The van der Waals surface area contributed by atoms with Gasteiger partial charge < -0.3 is 10.8 Å². The lowest BCUT2D eigenvalue weighted by Crippen LogP contribution is -2.20. The molecule has 0 saturated heterocycles. The Balaban J connectivity index is 0.000000229. The van der Waals surface area contributed by atoms with E-state index in [1.54, 1.807) is 19.9 Å². The molecule has 0 aliphatic heterocycles. The van der Waals surface area contributed by atoms with E-state index in [0.717, 1.165) is 5.56 Å². The van der Waals surface area contributed by atoms with Crippen molar-refractivity contribution in [3.05, 3.63) is 63.1 Å². The first kappa shape index (κ1) is 22.3. The normalized spacial score (nSPS) is 13.3. The molecule has 0 radical (unpaired) electrons. The second-order valence-corrected chi connectivity index (χ2v) is 7.68. The smallest absolute Gasteiger partial charge is 0.434 e. The first-order valence-electron chi connectivity index (χ1n) is 9.55. The Morgan fingerprint density at radius 3 is 2.32 bits per heavy atom. The zero-order chi connectivity index (χ0) is 23.2. The molecule has 1 aromatic carbocycles. The van der Waals surface area contributed by atoms with E-state index in [1.165, 1.54) is 21.7 Å². The number of allylic oxidation sites excluding steroid dienone is 1. The minimum Gasteiger partial charge on any atom is -0.508 e. The predicted molar refractivity (Wildman–Crippen MR) is 111 cm³/mol. The lowest BCUT2D eigenvalue weighted by atomic mass is 10.0. The summed E-state index contributed by atoms with van der Waals surface area (Å²) in [4.78, 5) is 15.2. The molecule has 0 atom stereocenters. The number of aromatic nitrogens is 3. The third kappa shape index (κ3) is 3.99. The number of amides is 1. The number of benzene rings is 1. The summed E-state index contributed by atoms with van der Waals surface area (Å²) in [6.07, 6.45) is -4.48. The van der Waals surface area contributed by atoms with Crippen LogP contribution in [0.25, 0.3) is 11.2 Å². The predicted octanol–water partition coefficient (Wildman–Crippen LogP) is 4.19. The van der Waals surface area contributed by atoms with E-state index >= 15 is 0 Å². The number of rotatable bonds is 1. The highest BCUT2D eigenvalue weighted by atomic mass is 19.4. The SMILES string of the molecule is CC1=C(C(N)=O)c2c(C(F)(F)F)nc3cc(C)nn3c2C1.Cc1ccc(O)c(C)c1C.